The summed E-state index contributed by atoms with van der Waals surface area (Å²) in [7, 11) is 1.94. The fourth-order valence-electron chi connectivity index (χ4n) is 1.49. The molecule has 0 spiro atoms. The number of benzene rings is 1. The fourth-order valence-corrected chi connectivity index (χ4v) is 1.78. The maximum absolute atomic E-state index is 11.7. The SMILES string of the molecule is CCOc1ccc(C(=O)OCCN(C)CCCl)cc1. The maximum Gasteiger partial charge on any atom is 0.338 e. The molecule has 0 N–H and O–H groups in total. The van der Waals surface area contributed by atoms with E-state index in [4.69, 9.17) is 21.1 Å². The van der Waals surface area contributed by atoms with Gasteiger partial charge in [-0.25, -0.2) is 4.79 Å². The third-order valence-corrected chi connectivity index (χ3v) is 2.74. The Morgan fingerprint density at radius 3 is 2.53 bits per heavy atom. The summed E-state index contributed by atoms with van der Waals surface area (Å²) < 4.78 is 10.5. The number of carbonyl (C=O) groups excluding carboxylic acids is 1. The van der Waals surface area contributed by atoms with E-state index < -0.39 is 0 Å². The first-order valence-corrected chi connectivity index (χ1v) is 6.85. The van der Waals surface area contributed by atoms with Crippen molar-refractivity contribution >= 4 is 17.6 Å². The molecule has 0 fully saturated rings. The maximum atomic E-state index is 11.7. The molecular formula is C14H20ClNO3. The minimum absolute atomic E-state index is 0.317. The van der Waals surface area contributed by atoms with Crippen LogP contribution >= 0.6 is 11.6 Å². The Bertz CT molecular complexity index is 381. The Morgan fingerprint density at radius 1 is 1.26 bits per heavy atom. The first-order chi connectivity index (χ1) is 9.17. The smallest absolute Gasteiger partial charge is 0.338 e. The molecule has 0 unspecified atom stereocenters. The molecule has 0 amide bonds. The summed E-state index contributed by atoms with van der Waals surface area (Å²) in [6.45, 7) is 4.34. The highest BCUT2D eigenvalue weighted by atomic mass is 35.5. The van der Waals surface area contributed by atoms with Crippen molar-refractivity contribution < 1.29 is 14.3 Å². The third-order valence-electron chi connectivity index (χ3n) is 2.57. The van der Waals surface area contributed by atoms with Crippen LogP contribution in [0.4, 0.5) is 0 Å². The van der Waals surface area contributed by atoms with Crippen molar-refractivity contribution in [3.63, 3.8) is 0 Å². The molecular weight excluding hydrogens is 266 g/mol. The molecule has 1 aromatic carbocycles. The lowest BCUT2D eigenvalue weighted by Crippen LogP contribution is -2.26. The van der Waals surface area contributed by atoms with Crippen molar-refractivity contribution in [1.82, 2.24) is 4.90 Å². The van der Waals surface area contributed by atoms with Crippen LogP contribution in [0, 0.1) is 0 Å². The van der Waals surface area contributed by atoms with Gasteiger partial charge in [0.25, 0.3) is 0 Å². The number of esters is 1. The predicted octanol–water partition coefficient (Wildman–Crippen LogP) is 2.41. The number of rotatable bonds is 8. The number of nitrogens with zero attached hydrogens (tertiary/aromatic N) is 1. The van der Waals surface area contributed by atoms with Crippen molar-refractivity contribution in [2.45, 2.75) is 6.92 Å². The van der Waals surface area contributed by atoms with Gasteiger partial charge in [-0.1, -0.05) is 0 Å². The summed E-state index contributed by atoms with van der Waals surface area (Å²) >= 11 is 5.61. The van der Waals surface area contributed by atoms with Gasteiger partial charge in [-0.3, -0.25) is 0 Å². The van der Waals surface area contributed by atoms with Crippen molar-refractivity contribution in [2.75, 3.05) is 39.2 Å². The van der Waals surface area contributed by atoms with Gasteiger partial charge in [-0.2, -0.15) is 0 Å². The van der Waals surface area contributed by atoms with Crippen molar-refractivity contribution in [2.24, 2.45) is 0 Å². The van der Waals surface area contributed by atoms with Gasteiger partial charge >= 0.3 is 5.97 Å². The Hall–Kier alpha value is -1.26. The van der Waals surface area contributed by atoms with Gasteiger partial charge in [0.15, 0.2) is 0 Å². The lowest BCUT2D eigenvalue weighted by molar-refractivity contribution is 0.0475. The van der Waals surface area contributed by atoms with E-state index in [-0.39, 0.29) is 5.97 Å². The highest BCUT2D eigenvalue weighted by molar-refractivity contribution is 6.18. The van der Waals surface area contributed by atoms with Crippen molar-refractivity contribution in [1.29, 1.82) is 0 Å². The Labute approximate surface area is 119 Å². The van der Waals surface area contributed by atoms with Crippen LogP contribution in [0.25, 0.3) is 0 Å². The summed E-state index contributed by atoms with van der Waals surface area (Å²) in [5.41, 5.74) is 0.531. The Kier molecular flexibility index (Phi) is 7.30. The topological polar surface area (TPSA) is 38.8 Å². The van der Waals surface area contributed by atoms with Crippen LogP contribution in [0.2, 0.25) is 0 Å². The van der Waals surface area contributed by atoms with Gasteiger partial charge in [-0.15, -0.1) is 11.6 Å². The third kappa shape index (κ3) is 5.94. The quantitative estimate of drug-likeness (QED) is 0.543. The fraction of sp³-hybridized carbons (Fsp3) is 0.500. The van der Waals surface area contributed by atoms with E-state index in [0.29, 0.717) is 31.2 Å². The number of alkyl halides is 1. The zero-order valence-electron chi connectivity index (χ0n) is 11.4. The van der Waals surface area contributed by atoms with Gasteiger partial charge in [0.05, 0.1) is 12.2 Å². The average Bonchev–Trinajstić information content (AvgIpc) is 2.40. The zero-order valence-corrected chi connectivity index (χ0v) is 12.2. The minimum Gasteiger partial charge on any atom is -0.494 e. The van der Waals surface area contributed by atoms with Crippen LogP contribution in [0.1, 0.15) is 17.3 Å². The van der Waals surface area contributed by atoms with E-state index >= 15 is 0 Å². The normalized spacial score (nSPS) is 10.5. The molecule has 0 saturated carbocycles. The van der Waals surface area contributed by atoms with Crippen LogP contribution in [0.3, 0.4) is 0 Å². The second-order valence-corrected chi connectivity index (χ2v) is 4.46. The van der Waals surface area contributed by atoms with E-state index in [2.05, 4.69) is 0 Å². The van der Waals surface area contributed by atoms with Gasteiger partial charge in [0.1, 0.15) is 12.4 Å². The van der Waals surface area contributed by atoms with Crippen LogP contribution in [-0.4, -0.2) is 50.1 Å². The van der Waals surface area contributed by atoms with Crippen molar-refractivity contribution in [3.05, 3.63) is 29.8 Å². The summed E-state index contributed by atoms with van der Waals surface area (Å²) in [6.07, 6.45) is 0. The van der Waals surface area contributed by atoms with E-state index in [9.17, 15) is 4.79 Å². The van der Waals surface area contributed by atoms with E-state index in [1.807, 2.05) is 18.9 Å². The first-order valence-electron chi connectivity index (χ1n) is 6.32. The van der Waals surface area contributed by atoms with Gasteiger partial charge in [0, 0.05) is 19.0 Å². The standard InChI is InChI=1S/C14H20ClNO3/c1-3-18-13-6-4-12(5-7-13)14(17)19-11-10-16(2)9-8-15/h4-7H,3,8-11H2,1-2H3. The number of halogens is 1. The van der Waals surface area contributed by atoms with Gasteiger partial charge < -0.3 is 14.4 Å². The summed E-state index contributed by atoms with van der Waals surface area (Å²) in [5, 5.41) is 0. The molecule has 106 valence electrons. The molecule has 0 aliphatic rings. The number of likely N-dealkylation sites (N-methyl/N-ethyl adjacent to an activating group) is 1. The number of hydrogen-bond acceptors (Lipinski definition) is 4. The molecule has 5 heteroatoms. The minimum atomic E-state index is -0.317. The molecule has 0 aliphatic carbocycles. The number of hydrogen-bond donors (Lipinski definition) is 0. The lowest BCUT2D eigenvalue weighted by Gasteiger charge is -2.14. The van der Waals surface area contributed by atoms with Crippen molar-refractivity contribution in [3.8, 4) is 5.75 Å². The van der Waals surface area contributed by atoms with E-state index in [1.165, 1.54) is 0 Å². The highest BCUT2D eigenvalue weighted by Gasteiger charge is 2.07. The van der Waals surface area contributed by atoms with Gasteiger partial charge in [-0.05, 0) is 38.2 Å². The monoisotopic (exact) mass is 285 g/mol. The molecule has 0 aliphatic heterocycles. The summed E-state index contributed by atoms with van der Waals surface area (Å²) in [4.78, 5) is 13.8. The molecule has 0 atom stereocenters. The Balaban J connectivity index is 2.36. The van der Waals surface area contributed by atoms with Crippen LogP contribution < -0.4 is 4.74 Å². The van der Waals surface area contributed by atoms with Crippen LogP contribution in [0.5, 0.6) is 5.75 Å². The van der Waals surface area contributed by atoms with E-state index in [0.717, 1.165) is 12.3 Å². The molecule has 4 nitrogen and oxygen atoms in total. The zero-order chi connectivity index (χ0) is 14.1. The molecule has 0 bridgehead atoms. The summed E-state index contributed by atoms with van der Waals surface area (Å²) in [6, 6.07) is 6.94. The summed E-state index contributed by atoms with van der Waals surface area (Å²) in [5.74, 6) is 1.01. The second-order valence-electron chi connectivity index (χ2n) is 4.09. The Morgan fingerprint density at radius 2 is 1.95 bits per heavy atom. The van der Waals surface area contributed by atoms with E-state index in [1.54, 1.807) is 24.3 Å². The number of ether oxygens (including phenoxy) is 2. The molecule has 0 aromatic heterocycles. The molecule has 0 radical (unpaired) electrons. The molecule has 1 aromatic rings. The lowest BCUT2D eigenvalue weighted by atomic mass is 10.2. The van der Waals surface area contributed by atoms with Crippen LogP contribution in [-0.2, 0) is 4.74 Å². The predicted molar refractivity (Wildman–Crippen MR) is 76.1 cm³/mol. The average molecular weight is 286 g/mol. The largest absolute Gasteiger partial charge is 0.494 e. The second kappa shape index (κ2) is 8.77. The van der Waals surface area contributed by atoms with Gasteiger partial charge in [0.2, 0.25) is 0 Å². The van der Waals surface area contributed by atoms with Crippen LogP contribution in [0.15, 0.2) is 24.3 Å². The molecule has 0 saturated heterocycles. The first kappa shape index (κ1) is 15.8. The number of carbonyl (C=O) groups is 1. The molecule has 1 rings (SSSR count). The molecule has 0 heterocycles. The molecule has 19 heavy (non-hydrogen) atoms. The highest BCUT2D eigenvalue weighted by Crippen LogP contribution is 2.12.